The van der Waals surface area contributed by atoms with Crippen molar-refractivity contribution >= 4 is 68.8 Å². The first-order valence-electron chi connectivity index (χ1n) is 19.5. The van der Waals surface area contributed by atoms with E-state index in [0.717, 1.165) is 21.8 Å². The second kappa shape index (κ2) is 14.0. The van der Waals surface area contributed by atoms with E-state index in [1.165, 1.54) is 29.2 Å². The maximum atomic E-state index is 15.5. The van der Waals surface area contributed by atoms with Crippen LogP contribution in [0.4, 0.5) is 27.1 Å². The number of benzene rings is 6. The third kappa shape index (κ3) is 5.65. The Kier molecular flexibility index (Phi) is 8.64. The Labute approximate surface area is 343 Å². The Morgan fingerprint density at radius 3 is 2.12 bits per heavy atom. The lowest BCUT2D eigenvalue weighted by atomic mass is 9.49. The summed E-state index contributed by atoms with van der Waals surface area (Å²) in [5, 5.41) is 18.3. The van der Waals surface area contributed by atoms with E-state index >= 15 is 4.79 Å². The van der Waals surface area contributed by atoms with Gasteiger partial charge in [0.1, 0.15) is 11.6 Å². The number of phenols is 1. The Bertz CT molecular complexity index is 2730. The van der Waals surface area contributed by atoms with Crippen LogP contribution in [0.3, 0.4) is 0 Å². The highest BCUT2D eigenvalue weighted by molar-refractivity contribution is 6.30. The fourth-order valence-corrected chi connectivity index (χ4v) is 10.3. The van der Waals surface area contributed by atoms with Gasteiger partial charge in [-0.3, -0.25) is 29.5 Å². The number of phenolic OH excluding ortho intramolecular Hbond substituents is 1. The number of allylic oxidation sites excluding steroid dienone is 2. The number of hydrogen-bond donors (Lipinski definition) is 3. The number of hydrazine groups is 1. The minimum atomic E-state index is -1.63. The number of carbonyl (C=O) groups is 4. The second-order valence-electron chi connectivity index (χ2n) is 15.6. The molecule has 0 spiro atoms. The summed E-state index contributed by atoms with van der Waals surface area (Å²) in [7, 11) is 0. The molecular weight excluding hydrogens is 767 g/mol. The molecule has 0 radical (unpaired) electrons. The van der Waals surface area contributed by atoms with Gasteiger partial charge in [-0.1, -0.05) is 90.0 Å². The first-order valence-corrected chi connectivity index (χ1v) is 19.9. The van der Waals surface area contributed by atoms with E-state index in [1.807, 2.05) is 72.8 Å². The molecule has 6 atom stereocenters. The number of hydrogen-bond acceptors (Lipinski definition) is 7. The highest BCUT2D eigenvalue weighted by atomic mass is 35.5. The molecule has 6 aromatic rings. The van der Waals surface area contributed by atoms with Crippen molar-refractivity contribution < 1.29 is 28.7 Å². The molecule has 3 N–H and O–H groups in total. The van der Waals surface area contributed by atoms with E-state index in [4.69, 9.17) is 11.6 Å². The topological polar surface area (TPSA) is 119 Å². The standard InChI is InChI=1S/C48H36ClFN4O5/c49-29-13-11-28(12-14-29)48-40(45(57)54(47(48)59)52-33-17-15-30(50)16-18-33)26-39-36(42(48)38-23-10-27-6-4-5-9-35(27)43(38)55)24-25-37-41(39)46(58)53(44(37)56)34-21-19-32(20-22-34)51-31-7-2-1-3-8-31/h1-24,37,39-42,51-52,55H,25-26H2/t37-,39+,40-,41-,42+,48+/m0/s1. The third-order valence-electron chi connectivity index (χ3n) is 12.7. The molecule has 9 nitrogen and oxygen atoms in total. The van der Waals surface area contributed by atoms with Crippen LogP contribution >= 0.6 is 11.6 Å². The van der Waals surface area contributed by atoms with Gasteiger partial charge < -0.3 is 10.4 Å². The van der Waals surface area contributed by atoms with Crippen molar-refractivity contribution in [2.24, 2.45) is 23.7 Å². The number of rotatable bonds is 7. The largest absolute Gasteiger partial charge is 0.507 e. The lowest BCUT2D eigenvalue weighted by Gasteiger charge is -2.50. The molecule has 3 fully saturated rings. The Balaban J connectivity index is 1.11. The van der Waals surface area contributed by atoms with Gasteiger partial charge in [0.05, 0.1) is 34.5 Å². The van der Waals surface area contributed by atoms with Gasteiger partial charge in [-0.2, -0.15) is 5.01 Å². The maximum Gasteiger partial charge on any atom is 0.260 e. The molecule has 2 aliphatic carbocycles. The fourth-order valence-electron chi connectivity index (χ4n) is 10.1. The minimum absolute atomic E-state index is 0.0475. The van der Waals surface area contributed by atoms with Gasteiger partial charge in [0.15, 0.2) is 0 Å². The molecule has 2 aliphatic heterocycles. The summed E-state index contributed by atoms with van der Waals surface area (Å²) in [5.74, 6) is -6.53. The normalized spacial score (nSPS) is 24.8. The predicted molar refractivity (Wildman–Crippen MR) is 223 cm³/mol. The van der Waals surface area contributed by atoms with Gasteiger partial charge in [-0.25, -0.2) is 4.39 Å². The number of halogens is 2. The number of amides is 4. The summed E-state index contributed by atoms with van der Waals surface area (Å²) >= 11 is 6.43. The molecule has 0 unspecified atom stereocenters. The molecule has 0 bridgehead atoms. The zero-order valence-corrected chi connectivity index (χ0v) is 32.1. The van der Waals surface area contributed by atoms with Crippen LogP contribution in [-0.2, 0) is 24.6 Å². The number of aromatic hydroxyl groups is 1. The van der Waals surface area contributed by atoms with Gasteiger partial charge in [0, 0.05) is 33.3 Å². The summed E-state index contributed by atoms with van der Waals surface area (Å²) in [6, 6.07) is 40.0. The number of carbonyl (C=O) groups excluding carboxylic acids is 4. The molecule has 1 saturated carbocycles. The van der Waals surface area contributed by atoms with Crippen LogP contribution < -0.4 is 15.6 Å². The summed E-state index contributed by atoms with van der Waals surface area (Å²) < 4.78 is 14.0. The zero-order valence-electron chi connectivity index (χ0n) is 31.4. The van der Waals surface area contributed by atoms with Gasteiger partial charge in [0.2, 0.25) is 11.8 Å². The Hall–Kier alpha value is -6.78. The van der Waals surface area contributed by atoms with Gasteiger partial charge in [0.25, 0.3) is 11.8 Å². The Morgan fingerprint density at radius 2 is 1.37 bits per heavy atom. The second-order valence-corrected chi connectivity index (χ2v) is 16.1. The fraction of sp³-hybridized carbons (Fsp3) is 0.167. The van der Waals surface area contributed by atoms with Crippen molar-refractivity contribution in [2.75, 3.05) is 15.6 Å². The van der Waals surface area contributed by atoms with Crippen LogP contribution in [0.25, 0.3) is 10.8 Å². The van der Waals surface area contributed by atoms with E-state index in [1.54, 1.807) is 48.5 Å². The smallest absolute Gasteiger partial charge is 0.260 e. The van der Waals surface area contributed by atoms with E-state index in [2.05, 4.69) is 10.7 Å². The molecule has 59 heavy (non-hydrogen) atoms. The molecule has 2 heterocycles. The van der Waals surface area contributed by atoms with Gasteiger partial charge in [-0.15, -0.1) is 0 Å². The molecule has 4 aliphatic rings. The van der Waals surface area contributed by atoms with Crippen molar-refractivity contribution in [1.29, 1.82) is 0 Å². The van der Waals surface area contributed by atoms with Crippen molar-refractivity contribution in [1.82, 2.24) is 5.01 Å². The number of imide groups is 2. The van der Waals surface area contributed by atoms with Crippen molar-refractivity contribution in [3.63, 3.8) is 0 Å². The van der Waals surface area contributed by atoms with E-state index in [9.17, 15) is 23.9 Å². The average molecular weight is 803 g/mol. The van der Waals surface area contributed by atoms with Crippen LogP contribution in [0.5, 0.6) is 5.75 Å². The molecule has 10 rings (SSSR count). The van der Waals surface area contributed by atoms with Crippen molar-refractivity contribution in [3.05, 3.63) is 173 Å². The number of anilines is 4. The maximum absolute atomic E-state index is 15.5. The van der Waals surface area contributed by atoms with Crippen LogP contribution in [-0.4, -0.2) is 33.7 Å². The van der Waals surface area contributed by atoms with E-state index in [0.29, 0.717) is 38.5 Å². The summed E-state index contributed by atoms with van der Waals surface area (Å²) in [6.07, 6.45) is 2.24. The summed E-state index contributed by atoms with van der Waals surface area (Å²) in [4.78, 5) is 60.9. The van der Waals surface area contributed by atoms with Crippen LogP contribution in [0.2, 0.25) is 5.02 Å². The number of nitrogens with zero attached hydrogens (tertiary/aromatic N) is 2. The molecule has 4 amide bonds. The average Bonchev–Trinajstić information content (AvgIpc) is 3.63. The SMILES string of the molecule is O=C1[C@@H]2C[C@@H]3C(=CC[C@@H]4C(=O)N(c5ccc(Nc6ccccc6)cc5)C(=O)[C@@H]43)[C@H](c3ccc4ccccc4c3O)[C@]2(c2ccc(Cl)cc2)C(=O)N1Nc1ccc(F)cc1. The zero-order chi connectivity index (χ0) is 40.6. The molecule has 0 aromatic heterocycles. The molecule has 2 saturated heterocycles. The van der Waals surface area contributed by atoms with Crippen LogP contribution in [0.15, 0.2) is 151 Å². The monoisotopic (exact) mass is 802 g/mol. The van der Waals surface area contributed by atoms with E-state index < -0.39 is 52.6 Å². The van der Waals surface area contributed by atoms with E-state index in [-0.39, 0.29) is 30.4 Å². The van der Waals surface area contributed by atoms with Crippen molar-refractivity contribution in [3.8, 4) is 5.75 Å². The lowest BCUT2D eigenvalue weighted by molar-refractivity contribution is -0.138. The third-order valence-corrected chi connectivity index (χ3v) is 12.9. The number of nitrogens with one attached hydrogen (secondary N) is 2. The number of fused-ring (bicyclic) bond motifs is 5. The minimum Gasteiger partial charge on any atom is -0.507 e. The lowest BCUT2D eigenvalue weighted by Crippen LogP contribution is -2.53. The summed E-state index contributed by atoms with van der Waals surface area (Å²) in [6.45, 7) is 0. The van der Waals surface area contributed by atoms with Crippen molar-refractivity contribution in [2.45, 2.75) is 24.2 Å². The Morgan fingerprint density at radius 1 is 0.695 bits per heavy atom. The predicted octanol–water partition coefficient (Wildman–Crippen LogP) is 9.27. The number of para-hydroxylation sites is 1. The first-order chi connectivity index (χ1) is 28.6. The highest BCUT2D eigenvalue weighted by Crippen LogP contribution is 2.65. The first kappa shape index (κ1) is 36.6. The quantitative estimate of drug-likeness (QED) is 0.109. The van der Waals surface area contributed by atoms with Gasteiger partial charge >= 0.3 is 0 Å². The van der Waals surface area contributed by atoms with Crippen LogP contribution in [0.1, 0.15) is 29.9 Å². The molecule has 11 heteroatoms. The molecular formula is C48H36ClFN4O5. The highest BCUT2D eigenvalue weighted by Gasteiger charge is 2.70. The van der Waals surface area contributed by atoms with Gasteiger partial charge in [-0.05, 0) is 103 Å². The molecule has 292 valence electrons. The molecule has 6 aromatic carbocycles. The summed E-state index contributed by atoms with van der Waals surface area (Å²) in [5.41, 5.74) is 5.39. The van der Waals surface area contributed by atoms with Crippen LogP contribution in [0, 0.1) is 29.5 Å².